The molecule has 0 aliphatic heterocycles. The molecule has 0 bridgehead atoms. The van der Waals surface area contributed by atoms with Crippen molar-refractivity contribution in [2.24, 2.45) is 5.11 Å². The lowest BCUT2D eigenvalue weighted by Gasteiger charge is -2.14. The molecular formula is C7H13N5. The lowest BCUT2D eigenvalue weighted by molar-refractivity contribution is 0.494. The van der Waals surface area contributed by atoms with E-state index in [0.29, 0.717) is 0 Å². The van der Waals surface area contributed by atoms with Crippen molar-refractivity contribution in [3.05, 3.63) is 10.4 Å². The number of hydrogen-bond donors (Lipinski definition) is 1. The quantitative estimate of drug-likeness (QED) is 0.383. The van der Waals surface area contributed by atoms with E-state index in [0.717, 1.165) is 6.42 Å². The number of nitrogens with zero attached hydrogens (tertiary/aromatic N) is 4. The van der Waals surface area contributed by atoms with Gasteiger partial charge < -0.3 is 0 Å². The number of azide groups is 1. The normalized spacial score (nSPS) is 14.1. The fourth-order valence-electron chi connectivity index (χ4n) is 0.710. The third-order valence-corrected chi connectivity index (χ3v) is 1.58. The highest BCUT2D eigenvalue weighted by Gasteiger charge is 2.07. The Kier molecular flexibility index (Phi) is 5.80. The van der Waals surface area contributed by atoms with Gasteiger partial charge >= 0.3 is 0 Å². The monoisotopic (exact) mass is 167 g/mol. The molecule has 0 aliphatic rings. The van der Waals surface area contributed by atoms with Crippen LogP contribution in [-0.2, 0) is 0 Å². The Morgan fingerprint density at radius 1 is 1.75 bits per heavy atom. The first-order chi connectivity index (χ1) is 5.74. The molecule has 2 atom stereocenters. The third kappa shape index (κ3) is 4.56. The van der Waals surface area contributed by atoms with Crippen LogP contribution in [0.4, 0.5) is 0 Å². The highest BCUT2D eigenvalue weighted by atomic mass is 15.1. The smallest absolute Gasteiger partial charge is 0.101 e. The summed E-state index contributed by atoms with van der Waals surface area (Å²) in [5.74, 6) is 0. The zero-order valence-electron chi connectivity index (χ0n) is 7.36. The van der Waals surface area contributed by atoms with Gasteiger partial charge in [0.25, 0.3) is 0 Å². The minimum atomic E-state index is -0.365. The Hall–Kier alpha value is -1.24. The fourth-order valence-corrected chi connectivity index (χ4v) is 0.710. The third-order valence-electron chi connectivity index (χ3n) is 1.58. The molecule has 0 amide bonds. The van der Waals surface area contributed by atoms with Crippen LogP contribution < -0.4 is 5.32 Å². The molecule has 2 unspecified atom stereocenters. The second kappa shape index (κ2) is 6.47. The average molecular weight is 167 g/mol. The summed E-state index contributed by atoms with van der Waals surface area (Å²) in [6, 6.07) is 1.94. The maximum atomic E-state index is 8.60. The van der Waals surface area contributed by atoms with E-state index in [1.807, 2.05) is 19.9 Å². The Bertz CT molecular complexity index is 200. The van der Waals surface area contributed by atoms with E-state index >= 15 is 0 Å². The number of nitrogens with one attached hydrogen (secondary N) is 1. The van der Waals surface area contributed by atoms with Crippen molar-refractivity contribution in [3.8, 4) is 6.07 Å². The summed E-state index contributed by atoms with van der Waals surface area (Å²) < 4.78 is 0. The first-order valence-corrected chi connectivity index (χ1v) is 3.91. The Balaban J connectivity index is 3.84. The predicted molar refractivity (Wildman–Crippen MR) is 46.3 cm³/mol. The molecule has 1 N–H and O–H groups in total. The van der Waals surface area contributed by atoms with Gasteiger partial charge in [0, 0.05) is 11.0 Å². The van der Waals surface area contributed by atoms with Crippen LogP contribution in [0.3, 0.4) is 0 Å². The van der Waals surface area contributed by atoms with E-state index in [-0.39, 0.29) is 18.6 Å². The Morgan fingerprint density at radius 3 is 2.83 bits per heavy atom. The molecule has 0 aromatic heterocycles. The average Bonchev–Trinajstić information content (AvgIpc) is 2.11. The summed E-state index contributed by atoms with van der Waals surface area (Å²) >= 11 is 0. The lowest BCUT2D eigenvalue weighted by atomic mass is 10.2. The summed E-state index contributed by atoms with van der Waals surface area (Å²) in [7, 11) is 0. The van der Waals surface area contributed by atoms with E-state index in [1.165, 1.54) is 0 Å². The minimum Gasteiger partial charge on any atom is -0.299 e. The highest BCUT2D eigenvalue weighted by molar-refractivity contribution is 4.92. The van der Waals surface area contributed by atoms with E-state index in [2.05, 4.69) is 15.3 Å². The van der Waals surface area contributed by atoms with Crippen LogP contribution in [0, 0.1) is 11.3 Å². The molecule has 0 aromatic carbocycles. The summed E-state index contributed by atoms with van der Waals surface area (Å²) in [5.41, 5.74) is 8.02. The molecule has 0 spiro atoms. The second-order valence-corrected chi connectivity index (χ2v) is 2.57. The largest absolute Gasteiger partial charge is 0.299 e. The van der Waals surface area contributed by atoms with Crippen LogP contribution in [0.5, 0.6) is 0 Å². The number of rotatable bonds is 5. The molecule has 0 rings (SSSR count). The van der Waals surface area contributed by atoms with Gasteiger partial charge in [0.1, 0.15) is 6.04 Å². The zero-order valence-corrected chi connectivity index (χ0v) is 7.36. The summed E-state index contributed by atoms with van der Waals surface area (Å²) in [5, 5.41) is 15.0. The lowest BCUT2D eigenvalue weighted by Crippen LogP contribution is -2.36. The van der Waals surface area contributed by atoms with Crippen molar-refractivity contribution in [1.29, 1.82) is 5.26 Å². The molecule has 0 saturated carbocycles. The summed E-state index contributed by atoms with van der Waals surface area (Å²) in [4.78, 5) is 2.59. The maximum absolute atomic E-state index is 8.60. The van der Waals surface area contributed by atoms with Crippen LogP contribution in [0.2, 0.25) is 0 Å². The molecule has 0 heterocycles. The van der Waals surface area contributed by atoms with E-state index < -0.39 is 0 Å². The topological polar surface area (TPSA) is 84.6 Å². The van der Waals surface area contributed by atoms with Gasteiger partial charge in [-0.3, -0.25) is 5.32 Å². The van der Waals surface area contributed by atoms with Gasteiger partial charge in [0.2, 0.25) is 0 Å². The molecule has 0 saturated heterocycles. The molecule has 0 radical (unpaired) electrons. The zero-order chi connectivity index (χ0) is 9.40. The van der Waals surface area contributed by atoms with Gasteiger partial charge in [-0.1, -0.05) is 12.0 Å². The van der Waals surface area contributed by atoms with Crippen molar-refractivity contribution >= 4 is 0 Å². The predicted octanol–water partition coefficient (Wildman–Crippen LogP) is 1.58. The molecule has 5 heteroatoms. The van der Waals surface area contributed by atoms with Crippen LogP contribution in [-0.4, -0.2) is 18.6 Å². The van der Waals surface area contributed by atoms with Crippen molar-refractivity contribution in [2.75, 3.05) is 6.54 Å². The van der Waals surface area contributed by atoms with Gasteiger partial charge in [0.15, 0.2) is 0 Å². The van der Waals surface area contributed by atoms with Crippen LogP contribution in [0.1, 0.15) is 20.3 Å². The van der Waals surface area contributed by atoms with Crippen molar-refractivity contribution in [1.82, 2.24) is 5.32 Å². The van der Waals surface area contributed by atoms with Gasteiger partial charge in [-0.25, -0.2) is 0 Å². The molecule has 0 fully saturated rings. The first kappa shape index (κ1) is 10.8. The van der Waals surface area contributed by atoms with E-state index in [9.17, 15) is 0 Å². The molecule has 12 heavy (non-hydrogen) atoms. The fraction of sp³-hybridized carbons (Fsp3) is 0.857. The molecule has 66 valence electrons. The Morgan fingerprint density at radius 2 is 2.42 bits per heavy atom. The van der Waals surface area contributed by atoms with Crippen LogP contribution in [0.25, 0.3) is 10.4 Å². The SMILES string of the molecule is CCC(C)NC(C#N)CN=[N+]=[N-]. The molecule has 0 aromatic rings. The summed E-state index contributed by atoms with van der Waals surface area (Å²) in [6.07, 6.45) is 0.953. The van der Waals surface area contributed by atoms with E-state index in [1.54, 1.807) is 0 Å². The van der Waals surface area contributed by atoms with Gasteiger partial charge in [-0.15, -0.1) is 0 Å². The van der Waals surface area contributed by atoms with Gasteiger partial charge in [-0.05, 0) is 18.9 Å². The van der Waals surface area contributed by atoms with Crippen molar-refractivity contribution in [3.63, 3.8) is 0 Å². The highest BCUT2D eigenvalue weighted by Crippen LogP contribution is 1.92. The number of nitriles is 1. The molecular weight excluding hydrogens is 154 g/mol. The minimum absolute atomic E-state index is 0.192. The molecule has 5 nitrogen and oxygen atoms in total. The summed E-state index contributed by atoms with van der Waals surface area (Å²) in [6.45, 7) is 4.21. The van der Waals surface area contributed by atoms with Crippen molar-refractivity contribution in [2.45, 2.75) is 32.4 Å². The van der Waals surface area contributed by atoms with Crippen LogP contribution in [0.15, 0.2) is 5.11 Å². The number of hydrogen-bond acceptors (Lipinski definition) is 3. The van der Waals surface area contributed by atoms with Crippen LogP contribution >= 0.6 is 0 Å². The Labute approximate surface area is 72.0 Å². The van der Waals surface area contributed by atoms with Gasteiger partial charge in [-0.2, -0.15) is 5.26 Å². The second-order valence-electron chi connectivity index (χ2n) is 2.57. The maximum Gasteiger partial charge on any atom is 0.101 e. The standard InChI is InChI=1S/C7H13N5/c1-3-6(2)11-7(4-8)5-10-12-9/h6-7,11H,3,5H2,1-2H3. The first-order valence-electron chi connectivity index (χ1n) is 3.91. The van der Waals surface area contributed by atoms with Gasteiger partial charge in [0.05, 0.1) is 12.6 Å². The van der Waals surface area contributed by atoms with E-state index in [4.69, 9.17) is 10.8 Å². The van der Waals surface area contributed by atoms with Crippen molar-refractivity contribution < 1.29 is 0 Å². The molecule has 0 aliphatic carbocycles.